The van der Waals surface area contributed by atoms with Crippen molar-refractivity contribution in [3.05, 3.63) is 85.0 Å². The summed E-state index contributed by atoms with van der Waals surface area (Å²) in [6, 6.07) is 18.7. The molecule has 0 heterocycles. The quantitative estimate of drug-likeness (QED) is 0.802. The van der Waals surface area contributed by atoms with Crippen molar-refractivity contribution < 1.29 is 14.3 Å². The van der Waals surface area contributed by atoms with E-state index >= 15 is 0 Å². The SMILES string of the molecule is O=C1C=CC(Oc2ccccc2)(Oc2ccccc2)C=C1. The first-order valence-electron chi connectivity index (χ1n) is 6.66. The van der Waals surface area contributed by atoms with Gasteiger partial charge in [0.05, 0.1) is 0 Å². The number of para-hydroxylation sites is 2. The molecule has 21 heavy (non-hydrogen) atoms. The topological polar surface area (TPSA) is 35.5 Å². The predicted molar refractivity (Wildman–Crippen MR) is 80.2 cm³/mol. The minimum atomic E-state index is -1.11. The third kappa shape index (κ3) is 3.20. The van der Waals surface area contributed by atoms with Gasteiger partial charge in [0.15, 0.2) is 5.78 Å². The van der Waals surface area contributed by atoms with Crippen LogP contribution < -0.4 is 9.47 Å². The number of benzene rings is 2. The van der Waals surface area contributed by atoms with Crippen molar-refractivity contribution in [1.82, 2.24) is 0 Å². The summed E-state index contributed by atoms with van der Waals surface area (Å²) in [5.74, 6) is 0.129. The number of hydrogen-bond acceptors (Lipinski definition) is 3. The van der Waals surface area contributed by atoms with Gasteiger partial charge in [0.2, 0.25) is 0 Å². The molecule has 0 unspecified atom stereocenters. The van der Waals surface area contributed by atoms with Crippen LogP contribution in [0.1, 0.15) is 0 Å². The lowest BCUT2D eigenvalue weighted by molar-refractivity contribution is -0.111. The number of ether oxygens (including phenoxy) is 2. The Morgan fingerprint density at radius 3 is 1.52 bits per heavy atom. The zero-order valence-corrected chi connectivity index (χ0v) is 11.3. The zero-order chi connectivity index (χ0) is 14.5. The van der Waals surface area contributed by atoms with Gasteiger partial charge in [0.25, 0.3) is 5.79 Å². The predicted octanol–water partition coefficient (Wildman–Crippen LogP) is 3.54. The van der Waals surface area contributed by atoms with Gasteiger partial charge in [-0.15, -0.1) is 0 Å². The molecule has 2 aromatic carbocycles. The Hall–Kier alpha value is -2.81. The van der Waals surface area contributed by atoms with Crippen molar-refractivity contribution in [2.75, 3.05) is 0 Å². The van der Waals surface area contributed by atoms with Gasteiger partial charge in [-0.25, -0.2) is 0 Å². The molecule has 1 aliphatic rings. The van der Waals surface area contributed by atoms with Gasteiger partial charge in [-0.3, -0.25) is 4.79 Å². The molecule has 0 saturated carbocycles. The first-order chi connectivity index (χ1) is 10.3. The Labute approximate surface area is 123 Å². The molecule has 3 nitrogen and oxygen atoms in total. The van der Waals surface area contributed by atoms with E-state index in [1.165, 1.54) is 12.2 Å². The zero-order valence-electron chi connectivity index (χ0n) is 11.3. The standard InChI is InChI=1S/C18H14O3/c19-15-11-13-18(14-12-15,20-16-7-3-1-4-8-16)21-17-9-5-2-6-10-17/h1-14H. The normalized spacial score (nSPS) is 15.7. The van der Waals surface area contributed by atoms with Crippen LogP contribution in [-0.4, -0.2) is 11.6 Å². The van der Waals surface area contributed by atoms with Gasteiger partial charge >= 0.3 is 0 Å². The first kappa shape index (κ1) is 13.2. The first-order valence-corrected chi connectivity index (χ1v) is 6.66. The van der Waals surface area contributed by atoms with E-state index in [0.29, 0.717) is 11.5 Å². The molecule has 0 N–H and O–H groups in total. The summed E-state index contributed by atoms with van der Waals surface area (Å²) < 4.78 is 11.9. The van der Waals surface area contributed by atoms with Gasteiger partial charge in [-0.05, 0) is 36.4 Å². The van der Waals surface area contributed by atoms with E-state index < -0.39 is 5.79 Å². The monoisotopic (exact) mass is 278 g/mol. The molecule has 0 saturated heterocycles. The van der Waals surface area contributed by atoms with Crippen LogP contribution in [0.2, 0.25) is 0 Å². The Balaban J connectivity index is 1.90. The number of carbonyl (C=O) groups excluding carboxylic acids is 1. The maximum Gasteiger partial charge on any atom is 0.292 e. The maximum absolute atomic E-state index is 11.4. The van der Waals surface area contributed by atoms with E-state index in [0.717, 1.165) is 0 Å². The van der Waals surface area contributed by atoms with Crippen molar-refractivity contribution in [3.63, 3.8) is 0 Å². The van der Waals surface area contributed by atoms with E-state index in [2.05, 4.69) is 0 Å². The van der Waals surface area contributed by atoms with E-state index in [4.69, 9.17) is 9.47 Å². The van der Waals surface area contributed by atoms with Crippen LogP contribution in [0.5, 0.6) is 11.5 Å². The van der Waals surface area contributed by atoms with Gasteiger partial charge in [0.1, 0.15) is 11.5 Å². The number of rotatable bonds is 4. The highest BCUT2D eigenvalue weighted by molar-refractivity contribution is 6.00. The van der Waals surface area contributed by atoms with E-state index in [-0.39, 0.29) is 5.78 Å². The highest BCUT2D eigenvalue weighted by Crippen LogP contribution is 2.27. The van der Waals surface area contributed by atoms with E-state index in [9.17, 15) is 4.79 Å². The van der Waals surface area contributed by atoms with Crippen LogP contribution in [-0.2, 0) is 4.79 Å². The summed E-state index contributed by atoms with van der Waals surface area (Å²) in [7, 11) is 0. The number of allylic oxidation sites excluding steroid dienone is 2. The average Bonchev–Trinajstić information content (AvgIpc) is 2.52. The minimum Gasteiger partial charge on any atom is -0.445 e. The minimum absolute atomic E-state index is 0.0843. The molecular weight excluding hydrogens is 264 g/mol. The second kappa shape index (κ2) is 5.67. The number of hydrogen-bond donors (Lipinski definition) is 0. The molecule has 0 fully saturated rings. The summed E-state index contributed by atoms with van der Waals surface area (Å²) in [5.41, 5.74) is 0. The van der Waals surface area contributed by atoms with Crippen molar-refractivity contribution >= 4 is 5.78 Å². The molecule has 0 spiro atoms. The summed E-state index contributed by atoms with van der Waals surface area (Å²) >= 11 is 0. The van der Waals surface area contributed by atoms with Crippen LogP contribution in [0.15, 0.2) is 85.0 Å². The molecule has 2 aromatic rings. The smallest absolute Gasteiger partial charge is 0.292 e. The van der Waals surface area contributed by atoms with Crippen molar-refractivity contribution in [1.29, 1.82) is 0 Å². The molecule has 3 rings (SSSR count). The average molecular weight is 278 g/mol. The maximum atomic E-state index is 11.4. The van der Waals surface area contributed by atoms with Crippen LogP contribution in [0.3, 0.4) is 0 Å². The molecule has 104 valence electrons. The lowest BCUT2D eigenvalue weighted by Gasteiger charge is -2.30. The Kier molecular flexibility index (Phi) is 3.56. The molecule has 0 amide bonds. The summed E-state index contributed by atoms with van der Waals surface area (Å²) in [4.78, 5) is 11.4. The summed E-state index contributed by atoms with van der Waals surface area (Å²) in [6.07, 6.45) is 6.14. The molecule has 3 heteroatoms. The third-order valence-electron chi connectivity index (χ3n) is 3.00. The fourth-order valence-corrected chi connectivity index (χ4v) is 2.01. The van der Waals surface area contributed by atoms with Crippen LogP contribution in [0.25, 0.3) is 0 Å². The molecule has 0 aromatic heterocycles. The fourth-order valence-electron chi connectivity index (χ4n) is 2.01. The van der Waals surface area contributed by atoms with Crippen LogP contribution >= 0.6 is 0 Å². The Bertz CT molecular complexity index is 613. The number of carbonyl (C=O) groups is 1. The van der Waals surface area contributed by atoms with E-state index in [1.807, 2.05) is 60.7 Å². The Morgan fingerprint density at radius 2 is 1.10 bits per heavy atom. The van der Waals surface area contributed by atoms with Crippen molar-refractivity contribution in [2.24, 2.45) is 0 Å². The van der Waals surface area contributed by atoms with Gasteiger partial charge in [-0.2, -0.15) is 0 Å². The third-order valence-corrected chi connectivity index (χ3v) is 3.00. The van der Waals surface area contributed by atoms with Crippen LogP contribution in [0.4, 0.5) is 0 Å². The highest BCUT2D eigenvalue weighted by Gasteiger charge is 2.31. The van der Waals surface area contributed by atoms with Crippen LogP contribution in [0, 0.1) is 0 Å². The van der Waals surface area contributed by atoms with Crippen molar-refractivity contribution in [3.8, 4) is 11.5 Å². The lowest BCUT2D eigenvalue weighted by atomic mass is 10.1. The molecule has 0 aliphatic heterocycles. The molecule has 0 radical (unpaired) electrons. The fraction of sp³-hybridized carbons (Fsp3) is 0.0556. The van der Waals surface area contributed by atoms with E-state index in [1.54, 1.807) is 12.2 Å². The van der Waals surface area contributed by atoms with Crippen molar-refractivity contribution in [2.45, 2.75) is 5.79 Å². The van der Waals surface area contributed by atoms with Gasteiger partial charge in [-0.1, -0.05) is 36.4 Å². The lowest BCUT2D eigenvalue weighted by Crippen LogP contribution is -2.40. The number of ketones is 1. The molecule has 0 atom stereocenters. The molecular formula is C18H14O3. The molecule has 1 aliphatic carbocycles. The molecule has 0 bridgehead atoms. The highest BCUT2D eigenvalue weighted by atomic mass is 16.7. The largest absolute Gasteiger partial charge is 0.445 e. The summed E-state index contributed by atoms with van der Waals surface area (Å²) in [5, 5.41) is 0. The van der Waals surface area contributed by atoms with Gasteiger partial charge < -0.3 is 9.47 Å². The second-order valence-corrected chi connectivity index (χ2v) is 4.62. The van der Waals surface area contributed by atoms with Gasteiger partial charge in [0, 0.05) is 12.2 Å². The Morgan fingerprint density at radius 1 is 0.667 bits per heavy atom. The summed E-state index contributed by atoms with van der Waals surface area (Å²) in [6.45, 7) is 0. The second-order valence-electron chi connectivity index (χ2n) is 4.62.